The Morgan fingerprint density at radius 2 is 1.62 bits per heavy atom. The van der Waals surface area contributed by atoms with Gasteiger partial charge in [0, 0.05) is 10.4 Å². The molecule has 5 nitrogen and oxygen atoms in total. The van der Waals surface area contributed by atoms with Crippen molar-refractivity contribution in [2.24, 2.45) is 0 Å². The van der Waals surface area contributed by atoms with Crippen molar-refractivity contribution in [1.82, 2.24) is 0 Å². The summed E-state index contributed by atoms with van der Waals surface area (Å²) in [4.78, 5) is 36.9. The first-order valence-corrected chi connectivity index (χ1v) is 11.9. The minimum atomic E-state index is -0.982. The highest BCUT2D eigenvalue weighted by molar-refractivity contribution is 8.00. The predicted molar refractivity (Wildman–Crippen MR) is 127 cm³/mol. The Kier molecular flexibility index (Phi) is 8.19. The number of aryl methyl sites for hydroxylation is 1. The fourth-order valence-electron chi connectivity index (χ4n) is 3.03. The number of thiophene rings is 1. The van der Waals surface area contributed by atoms with Gasteiger partial charge in [-0.05, 0) is 29.2 Å². The number of hydrogen-bond acceptors (Lipinski definition) is 5. The van der Waals surface area contributed by atoms with Crippen LogP contribution in [-0.2, 0) is 22.7 Å². The van der Waals surface area contributed by atoms with Crippen molar-refractivity contribution in [3.63, 3.8) is 0 Å². The molecule has 8 heteroatoms. The monoisotopic (exact) mass is 471 g/mol. The van der Waals surface area contributed by atoms with E-state index in [1.54, 1.807) is 30.3 Å². The molecule has 0 saturated carbocycles. The fourth-order valence-corrected chi connectivity index (χ4v) is 4.57. The highest BCUT2D eigenvalue weighted by atomic mass is 32.2. The summed E-state index contributed by atoms with van der Waals surface area (Å²) in [6, 6.07) is 16.1. The number of aliphatic carboxylic acids is 1. The number of nitrogens with one attached hydrogen (secondary N) is 1. The molecule has 166 valence electrons. The van der Waals surface area contributed by atoms with Gasteiger partial charge in [-0.15, -0.1) is 23.1 Å². The Hall–Kier alpha value is -2.97. The molecule has 0 radical (unpaired) electrons. The van der Waals surface area contributed by atoms with E-state index in [0.717, 1.165) is 34.2 Å². The standard InChI is InChI=1S/C24H22FNO4S2/c1-2-19-11-20(24(32-19)26-21(27)13-31-14-22(28)29)23(30)18-9-7-17(8-10-18)16-5-3-15(12-25)4-6-16/h3-11H,2,12-14H2,1H3,(H,26,27)(H,28,29). The number of hydrogen-bond donors (Lipinski definition) is 2. The highest BCUT2D eigenvalue weighted by Gasteiger charge is 2.19. The fraction of sp³-hybridized carbons (Fsp3) is 0.208. The third-order valence-corrected chi connectivity index (χ3v) is 6.79. The number of rotatable bonds is 10. The number of benzene rings is 2. The maximum Gasteiger partial charge on any atom is 0.313 e. The van der Waals surface area contributed by atoms with E-state index in [-0.39, 0.29) is 23.2 Å². The Bertz CT molecular complexity index is 1110. The zero-order chi connectivity index (χ0) is 23.1. The molecule has 0 aliphatic carbocycles. The summed E-state index contributed by atoms with van der Waals surface area (Å²) in [5.41, 5.74) is 3.36. The van der Waals surface area contributed by atoms with Crippen molar-refractivity contribution in [1.29, 1.82) is 0 Å². The van der Waals surface area contributed by atoms with Crippen LogP contribution >= 0.6 is 23.1 Å². The van der Waals surface area contributed by atoms with Crippen molar-refractivity contribution in [3.8, 4) is 11.1 Å². The molecule has 0 unspecified atom stereocenters. The Balaban J connectivity index is 1.76. The first kappa shape index (κ1) is 23.7. The summed E-state index contributed by atoms with van der Waals surface area (Å²) in [6.45, 7) is 1.46. The molecule has 0 spiro atoms. The number of alkyl halides is 1. The van der Waals surface area contributed by atoms with Gasteiger partial charge in [-0.25, -0.2) is 4.39 Å². The summed E-state index contributed by atoms with van der Waals surface area (Å²) < 4.78 is 12.7. The molecule has 1 aromatic heterocycles. The number of thioether (sulfide) groups is 1. The van der Waals surface area contributed by atoms with Gasteiger partial charge in [-0.3, -0.25) is 14.4 Å². The number of carbonyl (C=O) groups is 3. The van der Waals surface area contributed by atoms with Crippen molar-refractivity contribution in [3.05, 3.63) is 76.2 Å². The molecule has 3 aromatic rings. The smallest absolute Gasteiger partial charge is 0.313 e. The molecule has 1 amide bonds. The van der Waals surface area contributed by atoms with Gasteiger partial charge in [0.05, 0.1) is 17.1 Å². The molecule has 0 aliphatic rings. The van der Waals surface area contributed by atoms with Gasteiger partial charge in [0.1, 0.15) is 11.7 Å². The van der Waals surface area contributed by atoms with E-state index in [1.165, 1.54) is 11.3 Å². The SMILES string of the molecule is CCc1cc(C(=O)c2ccc(-c3ccc(CF)cc3)cc2)c(NC(=O)CSCC(=O)O)s1. The lowest BCUT2D eigenvalue weighted by molar-refractivity contribution is -0.133. The summed E-state index contributed by atoms with van der Waals surface area (Å²) >= 11 is 2.35. The summed E-state index contributed by atoms with van der Waals surface area (Å²) in [5.74, 6) is -1.69. The minimum Gasteiger partial charge on any atom is -0.481 e. The van der Waals surface area contributed by atoms with Gasteiger partial charge in [0.2, 0.25) is 5.91 Å². The molecule has 1 heterocycles. The molecule has 2 aromatic carbocycles. The lowest BCUT2D eigenvalue weighted by Crippen LogP contribution is -2.16. The highest BCUT2D eigenvalue weighted by Crippen LogP contribution is 2.31. The lowest BCUT2D eigenvalue weighted by Gasteiger charge is -2.07. The summed E-state index contributed by atoms with van der Waals surface area (Å²) in [7, 11) is 0. The Morgan fingerprint density at radius 1 is 1.00 bits per heavy atom. The van der Waals surface area contributed by atoms with Crippen LogP contribution in [0.1, 0.15) is 33.3 Å². The maximum absolute atomic E-state index is 13.1. The van der Waals surface area contributed by atoms with E-state index in [4.69, 9.17) is 5.11 Å². The molecular weight excluding hydrogens is 449 g/mol. The van der Waals surface area contributed by atoms with Gasteiger partial charge in [0.15, 0.2) is 5.78 Å². The molecular formula is C24H22FNO4S2. The Labute approximate surface area is 193 Å². The molecule has 0 saturated heterocycles. The van der Waals surface area contributed by atoms with Crippen LogP contribution in [-0.4, -0.2) is 34.3 Å². The number of amides is 1. The molecule has 2 N–H and O–H groups in total. The number of carbonyl (C=O) groups excluding carboxylic acids is 2. The Morgan fingerprint density at radius 3 is 2.19 bits per heavy atom. The van der Waals surface area contributed by atoms with E-state index in [2.05, 4.69) is 5.32 Å². The maximum atomic E-state index is 13.1. The second-order valence-corrected chi connectivity index (χ2v) is 9.10. The van der Waals surface area contributed by atoms with Crippen LogP contribution in [0.5, 0.6) is 0 Å². The minimum absolute atomic E-state index is 0.00478. The van der Waals surface area contributed by atoms with Gasteiger partial charge >= 0.3 is 5.97 Å². The van der Waals surface area contributed by atoms with Crippen LogP contribution in [0.4, 0.5) is 9.39 Å². The second kappa shape index (κ2) is 11.1. The van der Waals surface area contributed by atoms with E-state index in [0.29, 0.717) is 21.7 Å². The van der Waals surface area contributed by atoms with Crippen LogP contribution in [0.2, 0.25) is 0 Å². The first-order valence-electron chi connectivity index (χ1n) is 9.93. The number of anilines is 1. The van der Waals surface area contributed by atoms with Crippen molar-refractivity contribution in [2.75, 3.05) is 16.8 Å². The van der Waals surface area contributed by atoms with Crippen molar-refractivity contribution in [2.45, 2.75) is 20.0 Å². The van der Waals surface area contributed by atoms with Crippen LogP contribution in [0, 0.1) is 0 Å². The van der Waals surface area contributed by atoms with Gasteiger partial charge in [-0.2, -0.15) is 0 Å². The quantitative estimate of drug-likeness (QED) is 0.385. The van der Waals surface area contributed by atoms with Gasteiger partial charge < -0.3 is 10.4 Å². The van der Waals surface area contributed by atoms with Crippen molar-refractivity contribution >= 4 is 45.8 Å². The van der Waals surface area contributed by atoms with Crippen LogP contribution in [0.25, 0.3) is 11.1 Å². The van der Waals surface area contributed by atoms with E-state index in [9.17, 15) is 18.8 Å². The second-order valence-electron chi connectivity index (χ2n) is 6.98. The summed E-state index contributed by atoms with van der Waals surface area (Å²) in [5, 5.41) is 11.9. The van der Waals surface area contributed by atoms with Crippen molar-refractivity contribution < 1.29 is 23.9 Å². The molecule has 32 heavy (non-hydrogen) atoms. The average molecular weight is 472 g/mol. The lowest BCUT2D eigenvalue weighted by atomic mass is 9.99. The van der Waals surface area contributed by atoms with Crippen LogP contribution in [0.15, 0.2) is 54.6 Å². The summed E-state index contributed by atoms with van der Waals surface area (Å²) in [6.07, 6.45) is 0.725. The average Bonchev–Trinajstić information content (AvgIpc) is 3.21. The molecule has 0 aliphatic heterocycles. The molecule has 0 atom stereocenters. The van der Waals surface area contributed by atoms with E-state index in [1.807, 2.05) is 31.2 Å². The normalized spacial score (nSPS) is 10.7. The predicted octanol–water partition coefficient (Wildman–Crippen LogP) is 5.43. The molecule has 0 fully saturated rings. The largest absolute Gasteiger partial charge is 0.481 e. The third kappa shape index (κ3) is 6.05. The topological polar surface area (TPSA) is 83.5 Å². The first-order chi connectivity index (χ1) is 15.4. The number of halogens is 1. The number of ketones is 1. The molecule has 0 bridgehead atoms. The number of carboxylic acids is 1. The van der Waals surface area contributed by atoms with E-state index >= 15 is 0 Å². The van der Waals surface area contributed by atoms with Crippen LogP contribution < -0.4 is 5.32 Å². The number of carboxylic acid groups (broad SMARTS) is 1. The van der Waals surface area contributed by atoms with Crippen LogP contribution in [0.3, 0.4) is 0 Å². The third-order valence-electron chi connectivity index (χ3n) is 4.68. The zero-order valence-electron chi connectivity index (χ0n) is 17.4. The zero-order valence-corrected chi connectivity index (χ0v) is 19.0. The van der Waals surface area contributed by atoms with Gasteiger partial charge in [0.25, 0.3) is 0 Å². The van der Waals surface area contributed by atoms with Gasteiger partial charge in [-0.1, -0.05) is 55.5 Å². The van der Waals surface area contributed by atoms with E-state index < -0.39 is 12.6 Å². The molecule has 3 rings (SSSR count).